The van der Waals surface area contributed by atoms with Crippen molar-refractivity contribution in [2.24, 2.45) is 0 Å². The van der Waals surface area contributed by atoms with E-state index in [0.29, 0.717) is 70.2 Å². The van der Waals surface area contributed by atoms with Crippen molar-refractivity contribution in [1.82, 2.24) is 15.1 Å². The number of piperazine rings is 1. The van der Waals surface area contributed by atoms with Crippen LogP contribution in [-0.4, -0.2) is 109 Å². The van der Waals surface area contributed by atoms with Gasteiger partial charge in [0.2, 0.25) is 6.79 Å². The van der Waals surface area contributed by atoms with E-state index in [9.17, 15) is 24.6 Å². The SMILES string of the molecule is COc1cc2c(cc1OC(=O)OC(C)(C)C)CCN[C@]21CS[C@@H]2c3c(OC(C)=O)c(C)c4c(c3[C@H](COC1=O)N1C2[C@@H]2c3c(cc(C)c(OC)c3O)C[C@@H]([C@@H]1O)N2C)OCO4. The van der Waals surface area contributed by atoms with Gasteiger partial charge < -0.3 is 48.1 Å². The van der Waals surface area contributed by atoms with E-state index in [0.717, 1.165) is 16.7 Å². The third-order valence-electron chi connectivity index (χ3n) is 12.8. The lowest BCUT2D eigenvalue weighted by atomic mass is 9.73. The Morgan fingerprint density at radius 2 is 1.72 bits per heavy atom. The number of hydrogen-bond donors (Lipinski definition) is 3. The molecule has 2 saturated heterocycles. The maximum Gasteiger partial charge on any atom is 0.514 e. The monoisotopic (exact) mass is 861 g/mol. The number of phenols is 1. The third kappa shape index (κ3) is 6.36. The molecule has 3 aromatic carbocycles. The number of rotatable bonds is 4. The zero-order valence-corrected chi connectivity index (χ0v) is 36.4. The number of nitrogens with zero attached hydrogens (tertiary/aromatic N) is 2. The van der Waals surface area contributed by atoms with Gasteiger partial charge in [-0.3, -0.25) is 19.9 Å². The van der Waals surface area contributed by atoms with E-state index in [-0.39, 0.29) is 36.4 Å². The van der Waals surface area contributed by atoms with Gasteiger partial charge in [0, 0.05) is 47.5 Å². The van der Waals surface area contributed by atoms with Crippen molar-refractivity contribution in [1.29, 1.82) is 0 Å². The minimum Gasteiger partial charge on any atom is -0.504 e. The highest BCUT2D eigenvalue weighted by Crippen LogP contribution is 2.64. The summed E-state index contributed by atoms with van der Waals surface area (Å²) >= 11 is 1.44. The number of aliphatic hydroxyl groups is 1. The summed E-state index contributed by atoms with van der Waals surface area (Å²) < 4.78 is 47.5. The van der Waals surface area contributed by atoms with Gasteiger partial charge in [-0.1, -0.05) is 6.07 Å². The molecule has 7 aliphatic heterocycles. The molecule has 1 unspecified atom stereocenters. The molecule has 0 aromatic heterocycles. The highest BCUT2D eigenvalue weighted by atomic mass is 32.2. The fourth-order valence-corrected chi connectivity index (χ4v) is 12.1. The van der Waals surface area contributed by atoms with E-state index >= 15 is 0 Å². The first-order valence-corrected chi connectivity index (χ1v) is 21.4. The Hall–Kier alpha value is -4.94. The predicted molar refractivity (Wildman–Crippen MR) is 220 cm³/mol. The summed E-state index contributed by atoms with van der Waals surface area (Å²) in [4.78, 5) is 44.9. The molecule has 3 N–H and O–H groups in total. The Balaban J connectivity index is 1.25. The van der Waals surface area contributed by atoms with Crippen LogP contribution in [0.3, 0.4) is 0 Å². The van der Waals surface area contributed by atoms with Crippen LogP contribution in [0.25, 0.3) is 0 Å². The number of aliphatic hydroxyl groups excluding tert-OH is 1. The summed E-state index contributed by atoms with van der Waals surface area (Å²) in [5.41, 5.74) is 3.25. The molecule has 0 saturated carbocycles. The number of hydrogen-bond acceptors (Lipinski definition) is 17. The number of carbonyl (C=O) groups is 3. The van der Waals surface area contributed by atoms with E-state index in [2.05, 4.69) is 10.2 Å². The zero-order chi connectivity index (χ0) is 43.4. The van der Waals surface area contributed by atoms with Gasteiger partial charge >= 0.3 is 18.1 Å². The Morgan fingerprint density at radius 1 is 0.967 bits per heavy atom. The van der Waals surface area contributed by atoms with Crippen LogP contribution in [0.4, 0.5) is 4.79 Å². The molecule has 2 fully saturated rings. The van der Waals surface area contributed by atoms with Crippen LogP contribution < -0.4 is 33.7 Å². The molecular formula is C44H51N3O13S. The number of fused-ring (bicyclic) bond motifs is 9. The average Bonchev–Trinajstić information content (AvgIpc) is 3.69. The Morgan fingerprint density at radius 3 is 2.43 bits per heavy atom. The van der Waals surface area contributed by atoms with Crippen molar-refractivity contribution >= 4 is 29.9 Å². The van der Waals surface area contributed by atoms with E-state index in [1.54, 1.807) is 32.9 Å². The van der Waals surface area contributed by atoms with Gasteiger partial charge in [-0.2, -0.15) is 0 Å². The molecule has 7 heterocycles. The van der Waals surface area contributed by atoms with Crippen molar-refractivity contribution in [2.45, 2.75) is 101 Å². The van der Waals surface area contributed by atoms with Crippen LogP contribution in [0.15, 0.2) is 18.2 Å². The highest BCUT2D eigenvalue weighted by Gasteiger charge is 2.61. The molecule has 61 heavy (non-hydrogen) atoms. The highest BCUT2D eigenvalue weighted by molar-refractivity contribution is 7.99. The zero-order valence-electron chi connectivity index (χ0n) is 35.6. The smallest absolute Gasteiger partial charge is 0.504 e. The van der Waals surface area contributed by atoms with Gasteiger partial charge in [0.25, 0.3) is 0 Å². The largest absolute Gasteiger partial charge is 0.514 e. The molecule has 3 aromatic rings. The van der Waals surface area contributed by atoms with Crippen LogP contribution in [0.1, 0.15) is 89.5 Å². The second-order valence-electron chi connectivity index (χ2n) is 17.5. The molecule has 0 aliphatic carbocycles. The van der Waals surface area contributed by atoms with Crippen molar-refractivity contribution in [3.63, 3.8) is 0 Å². The number of nitrogens with one attached hydrogen (secondary N) is 1. The maximum atomic E-state index is 15.0. The summed E-state index contributed by atoms with van der Waals surface area (Å²) in [5.74, 6) is 0.883. The van der Waals surface area contributed by atoms with Crippen LogP contribution in [0.5, 0.6) is 40.2 Å². The minimum absolute atomic E-state index is 0.0201. The molecule has 7 aliphatic rings. The van der Waals surface area contributed by atoms with Crippen molar-refractivity contribution in [2.75, 3.05) is 47.0 Å². The van der Waals surface area contributed by atoms with Crippen molar-refractivity contribution < 1.29 is 62.5 Å². The Labute approximate surface area is 357 Å². The summed E-state index contributed by atoms with van der Waals surface area (Å²) in [5, 5.41) is 27.6. The molecule has 0 amide bonds. The van der Waals surface area contributed by atoms with Gasteiger partial charge in [0.05, 0.1) is 37.6 Å². The number of methoxy groups -OCH3 is 2. The molecule has 1 spiro atoms. The van der Waals surface area contributed by atoms with Crippen molar-refractivity contribution in [3.05, 3.63) is 62.7 Å². The number of likely N-dealkylation sites (N-methyl/N-ethyl adjacent to an activating group) is 1. The number of esters is 2. The lowest BCUT2D eigenvalue weighted by Gasteiger charge is -2.62. The van der Waals surface area contributed by atoms with Gasteiger partial charge in [-0.15, -0.1) is 11.8 Å². The molecule has 4 bridgehead atoms. The first-order chi connectivity index (χ1) is 29.0. The molecule has 326 valence electrons. The van der Waals surface area contributed by atoms with E-state index in [1.807, 2.05) is 31.9 Å². The van der Waals surface area contributed by atoms with Gasteiger partial charge in [-0.05, 0) is 88.9 Å². The van der Waals surface area contributed by atoms with E-state index in [1.165, 1.54) is 32.9 Å². The van der Waals surface area contributed by atoms with Gasteiger partial charge in [0.1, 0.15) is 24.2 Å². The van der Waals surface area contributed by atoms with Gasteiger partial charge in [-0.25, -0.2) is 9.59 Å². The van der Waals surface area contributed by atoms with Crippen LogP contribution in [-0.2, 0) is 37.4 Å². The minimum atomic E-state index is -1.44. The number of ether oxygens (including phenoxy) is 8. The molecule has 17 heteroatoms. The van der Waals surface area contributed by atoms with Crippen LogP contribution in [0.2, 0.25) is 0 Å². The lowest BCUT2D eigenvalue weighted by Crippen LogP contribution is -2.70. The summed E-state index contributed by atoms with van der Waals surface area (Å²) in [6.45, 7) is 10.3. The number of carbonyl (C=O) groups excluding carboxylic acids is 3. The fourth-order valence-electron chi connectivity index (χ4n) is 10.4. The first-order valence-electron chi connectivity index (χ1n) is 20.4. The second-order valence-corrected chi connectivity index (χ2v) is 18.6. The normalized spacial score (nSPS) is 27.5. The number of thioether (sulfide) groups is 1. The second kappa shape index (κ2) is 14.9. The lowest BCUT2D eigenvalue weighted by molar-refractivity contribution is -0.186. The summed E-state index contributed by atoms with van der Waals surface area (Å²) in [6, 6.07) is 3.04. The topological polar surface area (TPSA) is 184 Å². The first kappa shape index (κ1) is 41.4. The molecular weight excluding hydrogens is 811 g/mol. The maximum absolute atomic E-state index is 15.0. The van der Waals surface area contributed by atoms with E-state index in [4.69, 9.17) is 37.9 Å². The predicted octanol–water partition coefficient (Wildman–Crippen LogP) is 5.02. The number of aromatic hydroxyl groups is 1. The summed E-state index contributed by atoms with van der Waals surface area (Å²) in [6.07, 6.45) is -1.05. The average molecular weight is 862 g/mol. The third-order valence-corrected chi connectivity index (χ3v) is 14.3. The molecule has 7 atom stereocenters. The Kier molecular flexibility index (Phi) is 10.1. The molecule has 16 nitrogen and oxygen atoms in total. The van der Waals surface area contributed by atoms with Crippen LogP contribution >= 0.6 is 11.8 Å². The quantitative estimate of drug-likeness (QED) is 0.180. The molecule has 10 rings (SSSR count). The Bertz CT molecular complexity index is 2370. The number of benzene rings is 3. The fraction of sp³-hybridized carbons (Fsp3) is 0.523. The summed E-state index contributed by atoms with van der Waals surface area (Å²) in [7, 11) is 4.93. The number of aryl methyl sites for hydroxylation is 1. The number of phenolic OH excluding ortho intramolecular Hbond substituents is 1. The van der Waals surface area contributed by atoms with Crippen molar-refractivity contribution in [3.8, 4) is 40.2 Å². The standard InChI is InChI=1S/C44H51N3O13S/c1-19-12-23-13-25-40(50)47-26-16-55-41(51)44(24-15-27(53-8)28(14-22(24)10-11-45-44)59-42(52)60-43(4,5)6)17-61-39(33(47)32(46(25)7)29(23)34(49)35(19)54-9)31-30(26)38-37(56-18-57-38)20(2)36(31)58-21(3)48/h12,14-15,25-26,32-33,39-40,45,49-50H,10-11,13,16-18H2,1-9H3/t25-,26-,32-,33?,39+,40-,44+/m0/s1. The van der Waals surface area contributed by atoms with Crippen LogP contribution in [0, 0.1) is 13.8 Å². The molecule has 0 radical (unpaired) electrons. The van der Waals surface area contributed by atoms with E-state index < -0.39 is 64.9 Å². The van der Waals surface area contributed by atoms with Gasteiger partial charge in [0.15, 0.2) is 40.0 Å².